The molecule has 30 heavy (non-hydrogen) atoms. The van der Waals surface area contributed by atoms with Gasteiger partial charge in [0.05, 0.1) is 11.8 Å². The third kappa shape index (κ3) is 4.45. The van der Waals surface area contributed by atoms with E-state index in [1.165, 1.54) is 4.90 Å². The van der Waals surface area contributed by atoms with Crippen LogP contribution in [0.15, 0.2) is 42.5 Å². The number of hydrogen-bond donors (Lipinski definition) is 1. The number of allylic oxidation sites excluding steroid dienone is 2. The first kappa shape index (κ1) is 21.7. The minimum atomic E-state index is -0.612. The lowest BCUT2D eigenvalue weighted by atomic mass is 9.85. The summed E-state index contributed by atoms with van der Waals surface area (Å²) in [4.78, 5) is 53.6. The number of fused-ring (bicyclic) bond motifs is 1. The predicted molar refractivity (Wildman–Crippen MR) is 112 cm³/mol. The van der Waals surface area contributed by atoms with Crippen LogP contribution in [0.25, 0.3) is 0 Å². The highest BCUT2D eigenvalue weighted by Crippen LogP contribution is 2.35. The van der Waals surface area contributed by atoms with E-state index in [-0.39, 0.29) is 48.4 Å². The van der Waals surface area contributed by atoms with Gasteiger partial charge in [-0.25, -0.2) is 0 Å². The lowest BCUT2D eigenvalue weighted by Crippen LogP contribution is -2.49. The number of likely N-dealkylation sites (N-methyl/N-ethyl adjacent to an activating group) is 1. The van der Waals surface area contributed by atoms with E-state index in [2.05, 4.69) is 5.32 Å². The van der Waals surface area contributed by atoms with Crippen molar-refractivity contribution in [1.29, 1.82) is 0 Å². The Balaban J connectivity index is 1.72. The Hall–Kier alpha value is -2.96. The fourth-order valence-electron chi connectivity index (χ4n) is 4.31. The molecule has 7 nitrogen and oxygen atoms in total. The topological polar surface area (TPSA) is 86.8 Å². The lowest BCUT2D eigenvalue weighted by molar-refractivity contribution is -0.144. The maximum absolute atomic E-state index is 13.1. The molecule has 1 aliphatic heterocycles. The summed E-state index contributed by atoms with van der Waals surface area (Å²) in [5.74, 6) is -1.44. The van der Waals surface area contributed by atoms with Gasteiger partial charge in [0.1, 0.15) is 6.04 Å². The minimum absolute atomic E-state index is 0.00464. The molecule has 1 fully saturated rings. The number of carbonyl (C=O) groups is 4. The van der Waals surface area contributed by atoms with Crippen molar-refractivity contribution < 1.29 is 19.2 Å². The van der Waals surface area contributed by atoms with Gasteiger partial charge in [0.2, 0.25) is 23.6 Å². The van der Waals surface area contributed by atoms with Gasteiger partial charge >= 0.3 is 0 Å². The van der Waals surface area contributed by atoms with Crippen LogP contribution >= 0.6 is 0 Å². The smallest absolute Gasteiger partial charge is 0.242 e. The van der Waals surface area contributed by atoms with E-state index < -0.39 is 6.04 Å². The van der Waals surface area contributed by atoms with Gasteiger partial charge in [0, 0.05) is 26.6 Å². The first-order valence-corrected chi connectivity index (χ1v) is 10.5. The molecule has 1 aromatic carbocycles. The molecular formula is C23H29N3O4. The maximum Gasteiger partial charge on any atom is 0.242 e. The minimum Gasteiger partial charge on any atom is -0.357 e. The molecule has 1 aliphatic carbocycles. The molecule has 0 unspecified atom stereocenters. The van der Waals surface area contributed by atoms with Gasteiger partial charge < -0.3 is 10.2 Å². The Morgan fingerprint density at radius 2 is 1.70 bits per heavy atom. The van der Waals surface area contributed by atoms with Gasteiger partial charge in [-0.15, -0.1) is 0 Å². The van der Waals surface area contributed by atoms with Crippen LogP contribution in [-0.4, -0.2) is 53.1 Å². The zero-order valence-corrected chi connectivity index (χ0v) is 17.5. The van der Waals surface area contributed by atoms with Crippen LogP contribution in [0, 0.1) is 11.8 Å². The summed E-state index contributed by atoms with van der Waals surface area (Å²) in [5, 5.41) is 2.62. The highest BCUT2D eigenvalue weighted by atomic mass is 16.2. The van der Waals surface area contributed by atoms with Gasteiger partial charge in [-0.1, -0.05) is 49.4 Å². The summed E-state index contributed by atoms with van der Waals surface area (Å²) in [6.07, 6.45) is 5.51. The molecule has 160 valence electrons. The third-order valence-electron chi connectivity index (χ3n) is 5.98. The van der Waals surface area contributed by atoms with Crippen molar-refractivity contribution >= 4 is 23.6 Å². The number of amides is 4. The quantitative estimate of drug-likeness (QED) is 0.523. The van der Waals surface area contributed by atoms with E-state index in [1.807, 2.05) is 49.4 Å². The van der Waals surface area contributed by atoms with Crippen molar-refractivity contribution in [2.75, 3.05) is 13.6 Å². The number of benzene rings is 1. The summed E-state index contributed by atoms with van der Waals surface area (Å²) in [5.41, 5.74) is 0.915. The molecule has 0 bridgehead atoms. The van der Waals surface area contributed by atoms with E-state index in [4.69, 9.17) is 0 Å². The number of nitrogens with zero attached hydrogens (tertiary/aromatic N) is 2. The van der Waals surface area contributed by atoms with Crippen LogP contribution in [0.5, 0.6) is 0 Å². The SMILES string of the molecule is CC[C@@H](C(=O)NC)N(Cc1ccccc1)C(=O)CCN1C(=O)[C@H]2CC=CC[C@H]2C1=O. The molecule has 1 heterocycles. The summed E-state index contributed by atoms with van der Waals surface area (Å²) < 4.78 is 0. The summed E-state index contributed by atoms with van der Waals surface area (Å²) in [6.45, 7) is 2.21. The van der Waals surface area contributed by atoms with Crippen LogP contribution in [0.2, 0.25) is 0 Å². The van der Waals surface area contributed by atoms with Crippen LogP contribution in [0.3, 0.4) is 0 Å². The molecule has 4 amide bonds. The van der Waals surface area contributed by atoms with Crippen molar-refractivity contribution in [3.05, 3.63) is 48.0 Å². The second-order valence-corrected chi connectivity index (χ2v) is 7.78. The van der Waals surface area contributed by atoms with Gasteiger partial charge in [0.15, 0.2) is 0 Å². The van der Waals surface area contributed by atoms with Crippen molar-refractivity contribution in [1.82, 2.24) is 15.1 Å². The average Bonchev–Trinajstić information content (AvgIpc) is 3.02. The number of imide groups is 1. The summed E-state index contributed by atoms with van der Waals surface area (Å²) >= 11 is 0. The molecule has 3 atom stereocenters. The van der Waals surface area contributed by atoms with E-state index in [0.29, 0.717) is 25.8 Å². The van der Waals surface area contributed by atoms with Gasteiger partial charge in [-0.05, 0) is 24.8 Å². The molecule has 7 heteroatoms. The second-order valence-electron chi connectivity index (χ2n) is 7.78. The number of rotatable bonds is 8. The molecule has 0 spiro atoms. The first-order chi connectivity index (χ1) is 14.5. The zero-order chi connectivity index (χ0) is 21.7. The van der Waals surface area contributed by atoms with E-state index in [0.717, 1.165) is 5.56 Å². The van der Waals surface area contributed by atoms with Crippen LogP contribution in [0.4, 0.5) is 0 Å². The fraction of sp³-hybridized carbons (Fsp3) is 0.478. The Morgan fingerprint density at radius 1 is 1.10 bits per heavy atom. The van der Waals surface area contributed by atoms with Gasteiger partial charge in [-0.2, -0.15) is 0 Å². The van der Waals surface area contributed by atoms with E-state index >= 15 is 0 Å². The molecule has 0 radical (unpaired) electrons. The Labute approximate surface area is 177 Å². The Bertz CT molecular complexity index is 810. The predicted octanol–water partition coefficient (Wildman–Crippen LogP) is 1.88. The molecule has 1 saturated heterocycles. The van der Waals surface area contributed by atoms with Crippen LogP contribution in [-0.2, 0) is 25.7 Å². The van der Waals surface area contributed by atoms with Crippen molar-refractivity contribution in [3.8, 4) is 0 Å². The molecule has 1 aromatic rings. The van der Waals surface area contributed by atoms with Crippen LogP contribution in [0.1, 0.15) is 38.2 Å². The first-order valence-electron chi connectivity index (χ1n) is 10.5. The Kier molecular flexibility index (Phi) is 7.03. The van der Waals surface area contributed by atoms with Crippen molar-refractivity contribution in [2.45, 2.75) is 45.2 Å². The normalized spacial score (nSPS) is 21.3. The zero-order valence-electron chi connectivity index (χ0n) is 17.5. The number of hydrogen-bond acceptors (Lipinski definition) is 4. The van der Waals surface area contributed by atoms with Crippen LogP contribution < -0.4 is 5.32 Å². The van der Waals surface area contributed by atoms with Crippen molar-refractivity contribution in [2.24, 2.45) is 11.8 Å². The molecule has 1 N–H and O–H groups in total. The monoisotopic (exact) mass is 411 g/mol. The van der Waals surface area contributed by atoms with Gasteiger partial charge in [0.25, 0.3) is 0 Å². The number of carbonyl (C=O) groups excluding carboxylic acids is 4. The standard InChI is InChI=1S/C23H29N3O4/c1-3-19(21(28)24-2)26(15-16-9-5-4-6-10-16)20(27)13-14-25-22(29)17-11-7-8-12-18(17)23(25)30/h4-10,17-19H,3,11-15H2,1-2H3,(H,24,28)/t17-,18+,19-/m0/s1. The van der Waals surface area contributed by atoms with Crippen molar-refractivity contribution in [3.63, 3.8) is 0 Å². The molecule has 0 aromatic heterocycles. The highest BCUT2D eigenvalue weighted by Gasteiger charge is 2.47. The molecule has 2 aliphatic rings. The largest absolute Gasteiger partial charge is 0.357 e. The van der Waals surface area contributed by atoms with Gasteiger partial charge in [-0.3, -0.25) is 24.1 Å². The molecular weight excluding hydrogens is 382 g/mol. The average molecular weight is 412 g/mol. The fourth-order valence-corrected chi connectivity index (χ4v) is 4.31. The maximum atomic E-state index is 13.1. The lowest BCUT2D eigenvalue weighted by Gasteiger charge is -2.30. The Morgan fingerprint density at radius 3 is 2.23 bits per heavy atom. The summed E-state index contributed by atoms with van der Waals surface area (Å²) in [6, 6.07) is 8.86. The van der Waals surface area contributed by atoms with E-state index in [9.17, 15) is 19.2 Å². The number of likely N-dealkylation sites (tertiary alicyclic amines) is 1. The summed E-state index contributed by atoms with van der Waals surface area (Å²) in [7, 11) is 1.55. The van der Waals surface area contributed by atoms with E-state index in [1.54, 1.807) is 11.9 Å². The highest BCUT2D eigenvalue weighted by molar-refractivity contribution is 6.05. The second kappa shape index (κ2) is 9.69. The molecule has 3 rings (SSSR count). The molecule has 0 saturated carbocycles. The third-order valence-corrected chi connectivity index (χ3v) is 5.98. The number of nitrogens with one attached hydrogen (secondary N) is 1.